The van der Waals surface area contributed by atoms with Crippen molar-refractivity contribution >= 4 is 11.7 Å². The summed E-state index contributed by atoms with van der Waals surface area (Å²) in [7, 11) is 0. The lowest BCUT2D eigenvalue weighted by Crippen LogP contribution is -2.36. The molecule has 2 rings (SSSR count). The van der Waals surface area contributed by atoms with Crippen LogP contribution in [0.1, 0.15) is 21.8 Å². The summed E-state index contributed by atoms with van der Waals surface area (Å²) in [4.78, 5) is 23.8. The number of hydrogen-bond acceptors (Lipinski definition) is 3. The van der Waals surface area contributed by atoms with Gasteiger partial charge in [0.1, 0.15) is 6.10 Å². The van der Waals surface area contributed by atoms with Crippen molar-refractivity contribution in [2.75, 3.05) is 0 Å². The van der Waals surface area contributed by atoms with E-state index in [9.17, 15) is 14.7 Å². The summed E-state index contributed by atoms with van der Waals surface area (Å²) in [5.74, 6) is -2.30. The van der Waals surface area contributed by atoms with Gasteiger partial charge in [0, 0.05) is 5.56 Å². The second-order valence-electron chi connectivity index (χ2n) is 4.47. The first-order valence-corrected chi connectivity index (χ1v) is 6.23. The molecule has 0 aromatic heterocycles. The number of rotatable bonds is 5. The van der Waals surface area contributed by atoms with Gasteiger partial charge in [0.15, 0.2) is 5.78 Å². The first kappa shape index (κ1) is 14.0. The van der Waals surface area contributed by atoms with E-state index in [1.807, 2.05) is 0 Å². The number of aliphatic hydroxyl groups excluding tert-OH is 1. The first-order valence-electron chi connectivity index (χ1n) is 6.23. The lowest BCUT2D eigenvalue weighted by atomic mass is 9.88. The molecule has 4 heteroatoms. The van der Waals surface area contributed by atoms with Crippen LogP contribution in [0.25, 0.3) is 0 Å². The first-order chi connectivity index (χ1) is 9.61. The smallest absolute Gasteiger partial charge is 0.228 e. The average Bonchev–Trinajstić information content (AvgIpc) is 2.48. The predicted molar refractivity (Wildman–Crippen MR) is 75.2 cm³/mol. The Hall–Kier alpha value is -2.46. The van der Waals surface area contributed by atoms with Crippen molar-refractivity contribution in [3.05, 3.63) is 71.8 Å². The number of aliphatic hydroxyl groups is 1. The summed E-state index contributed by atoms with van der Waals surface area (Å²) >= 11 is 0. The number of Topliss-reactive ketones (excluding diaryl/α,β-unsaturated/α-hetero) is 1. The van der Waals surface area contributed by atoms with Gasteiger partial charge < -0.3 is 10.8 Å². The zero-order chi connectivity index (χ0) is 14.5. The number of benzene rings is 2. The minimum Gasteiger partial charge on any atom is -0.384 e. The lowest BCUT2D eigenvalue weighted by Gasteiger charge is -2.19. The highest BCUT2D eigenvalue weighted by Gasteiger charge is 2.32. The van der Waals surface area contributed by atoms with E-state index < -0.39 is 23.7 Å². The number of primary amides is 1. The number of ketones is 1. The van der Waals surface area contributed by atoms with Crippen LogP contribution in [0.3, 0.4) is 0 Å². The molecule has 0 aliphatic heterocycles. The maximum absolute atomic E-state index is 12.2. The third-order valence-electron chi connectivity index (χ3n) is 3.11. The minimum atomic E-state index is -1.49. The number of hydrogen-bond donors (Lipinski definition) is 2. The van der Waals surface area contributed by atoms with Gasteiger partial charge in [-0.05, 0) is 5.56 Å². The third-order valence-corrected chi connectivity index (χ3v) is 3.11. The molecule has 1 amide bonds. The Balaban J connectivity index is 2.31. The molecule has 102 valence electrons. The number of amides is 1. The molecular formula is C16H15NO3. The Bertz CT molecular complexity index is 596. The van der Waals surface area contributed by atoms with Crippen LogP contribution in [-0.4, -0.2) is 22.9 Å². The van der Waals surface area contributed by atoms with E-state index in [-0.39, 0.29) is 0 Å². The van der Waals surface area contributed by atoms with Crippen molar-refractivity contribution < 1.29 is 14.7 Å². The Kier molecular flexibility index (Phi) is 4.27. The molecule has 2 atom stereocenters. The van der Waals surface area contributed by atoms with Crippen LogP contribution < -0.4 is 5.73 Å². The highest BCUT2D eigenvalue weighted by molar-refractivity contribution is 6.03. The highest BCUT2D eigenvalue weighted by Crippen LogP contribution is 2.22. The predicted octanol–water partition coefficient (Wildman–Crippen LogP) is 1.50. The van der Waals surface area contributed by atoms with Crippen LogP contribution in [0.15, 0.2) is 60.7 Å². The molecule has 0 aliphatic rings. The Morgan fingerprint density at radius 1 is 0.900 bits per heavy atom. The molecule has 20 heavy (non-hydrogen) atoms. The molecule has 0 spiro atoms. The lowest BCUT2D eigenvalue weighted by molar-refractivity contribution is -0.121. The fraction of sp³-hybridized carbons (Fsp3) is 0.125. The van der Waals surface area contributed by atoms with Crippen LogP contribution in [-0.2, 0) is 4.79 Å². The van der Waals surface area contributed by atoms with E-state index in [2.05, 4.69) is 0 Å². The van der Waals surface area contributed by atoms with Gasteiger partial charge >= 0.3 is 0 Å². The SMILES string of the molecule is NC(=O)[C@H](c1ccccc1)[C@H](O)C(=O)c1ccccc1. The van der Waals surface area contributed by atoms with Gasteiger partial charge in [0.2, 0.25) is 5.91 Å². The standard InChI is InChI=1S/C16H15NO3/c17-16(20)13(11-7-3-1-4-8-11)15(19)14(18)12-9-5-2-6-10-12/h1-10,13,15,19H,(H2,17,20)/t13-,15+/m1/s1. The summed E-state index contributed by atoms with van der Waals surface area (Å²) in [5, 5.41) is 10.2. The van der Waals surface area contributed by atoms with Gasteiger partial charge in [0.25, 0.3) is 0 Å². The Labute approximate surface area is 116 Å². The van der Waals surface area contributed by atoms with Crippen LogP contribution >= 0.6 is 0 Å². The summed E-state index contributed by atoms with van der Waals surface area (Å²) in [6.07, 6.45) is -1.49. The van der Waals surface area contributed by atoms with E-state index in [4.69, 9.17) is 5.73 Å². The molecule has 0 saturated heterocycles. The quantitative estimate of drug-likeness (QED) is 0.807. The van der Waals surface area contributed by atoms with Crippen molar-refractivity contribution in [3.8, 4) is 0 Å². The Morgan fingerprint density at radius 3 is 1.90 bits per heavy atom. The van der Waals surface area contributed by atoms with Gasteiger partial charge in [-0.1, -0.05) is 60.7 Å². The van der Waals surface area contributed by atoms with Crippen molar-refractivity contribution in [3.63, 3.8) is 0 Å². The van der Waals surface area contributed by atoms with E-state index in [0.717, 1.165) is 0 Å². The van der Waals surface area contributed by atoms with E-state index in [1.165, 1.54) is 0 Å². The van der Waals surface area contributed by atoms with Crippen LogP contribution in [0, 0.1) is 0 Å². The van der Waals surface area contributed by atoms with Crippen LogP contribution in [0.4, 0.5) is 0 Å². The molecule has 0 bridgehead atoms. The topological polar surface area (TPSA) is 80.4 Å². The van der Waals surface area contributed by atoms with Gasteiger partial charge in [-0.3, -0.25) is 9.59 Å². The molecule has 0 aliphatic carbocycles. The fourth-order valence-corrected chi connectivity index (χ4v) is 2.09. The van der Waals surface area contributed by atoms with Gasteiger partial charge in [0.05, 0.1) is 5.92 Å². The summed E-state index contributed by atoms with van der Waals surface area (Å²) in [6.45, 7) is 0. The normalized spacial score (nSPS) is 13.4. The number of carbonyl (C=O) groups is 2. The average molecular weight is 269 g/mol. The fourth-order valence-electron chi connectivity index (χ4n) is 2.09. The second kappa shape index (κ2) is 6.12. The molecule has 0 saturated carbocycles. The van der Waals surface area contributed by atoms with Gasteiger partial charge in [-0.2, -0.15) is 0 Å². The molecule has 0 heterocycles. The summed E-state index contributed by atoms with van der Waals surface area (Å²) < 4.78 is 0. The van der Waals surface area contributed by atoms with E-state index in [1.54, 1.807) is 60.7 Å². The molecular weight excluding hydrogens is 254 g/mol. The summed E-state index contributed by atoms with van der Waals surface area (Å²) in [6, 6.07) is 16.9. The zero-order valence-corrected chi connectivity index (χ0v) is 10.8. The molecule has 0 radical (unpaired) electrons. The Morgan fingerprint density at radius 2 is 1.40 bits per heavy atom. The molecule has 4 nitrogen and oxygen atoms in total. The maximum Gasteiger partial charge on any atom is 0.228 e. The molecule has 3 N–H and O–H groups in total. The highest BCUT2D eigenvalue weighted by atomic mass is 16.3. The molecule has 0 fully saturated rings. The zero-order valence-electron chi connectivity index (χ0n) is 10.8. The van der Waals surface area contributed by atoms with Crippen molar-refractivity contribution in [1.29, 1.82) is 0 Å². The second-order valence-corrected chi connectivity index (χ2v) is 4.47. The van der Waals surface area contributed by atoms with Crippen LogP contribution in [0.5, 0.6) is 0 Å². The molecule has 2 aromatic carbocycles. The van der Waals surface area contributed by atoms with E-state index in [0.29, 0.717) is 11.1 Å². The molecule has 0 unspecified atom stereocenters. The minimum absolute atomic E-state index is 0.349. The van der Waals surface area contributed by atoms with Crippen molar-refractivity contribution in [2.24, 2.45) is 5.73 Å². The third kappa shape index (κ3) is 2.92. The maximum atomic E-state index is 12.2. The number of carbonyl (C=O) groups excluding carboxylic acids is 2. The number of nitrogens with two attached hydrogens (primary N) is 1. The molecule has 2 aromatic rings. The van der Waals surface area contributed by atoms with Gasteiger partial charge in [-0.15, -0.1) is 0 Å². The monoisotopic (exact) mass is 269 g/mol. The van der Waals surface area contributed by atoms with Crippen LogP contribution in [0.2, 0.25) is 0 Å². The van der Waals surface area contributed by atoms with Crippen molar-refractivity contribution in [1.82, 2.24) is 0 Å². The van der Waals surface area contributed by atoms with E-state index >= 15 is 0 Å². The van der Waals surface area contributed by atoms with Gasteiger partial charge in [-0.25, -0.2) is 0 Å². The van der Waals surface area contributed by atoms with Crippen molar-refractivity contribution in [2.45, 2.75) is 12.0 Å². The largest absolute Gasteiger partial charge is 0.384 e. The summed E-state index contributed by atoms with van der Waals surface area (Å²) in [5.41, 5.74) is 6.21.